The van der Waals surface area contributed by atoms with Crippen molar-refractivity contribution in [2.24, 2.45) is 0 Å². The van der Waals surface area contributed by atoms with E-state index in [9.17, 15) is 17.6 Å². The van der Waals surface area contributed by atoms with Gasteiger partial charge in [-0.15, -0.1) is 0 Å². The predicted molar refractivity (Wildman–Crippen MR) is 98.4 cm³/mol. The first kappa shape index (κ1) is 18.6. The number of alkyl halides is 3. The average molecular weight is 390 g/mol. The van der Waals surface area contributed by atoms with Gasteiger partial charge in [-0.2, -0.15) is 13.2 Å². The summed E-state index contributed by atoms with van der Waals surface area (Å²) in [6.07, 6.45) is -2.15. The third-order valence-electron chi connectivity index (χ3n) is 4.89. The van der Waals surface area contributed by atoms with Crippen LogP contribution < -0.4 is 4.90 Å². The Morgan fingerprint density at radius 2 is 1.75 bits per heavy atom. The van der Waals surface area contributed by atoms with Crippen molar-refractivity contribution in [3.05, 3.63) is 65.7 Å². The van der Waals surface area contributed by atoms with E-state index in [2.05, 4.69) is 20.9 Å². The minimum atomic E-state index is -4.60. The van der Waals surface area contributed by atoms with E-state index in [1.165, 1.54) is 0 Å². The summed E-state index contributed by atoms with van der Waals surface area (Å²) in [5.41, 5.74) is 1.03. The van der Waals surface area contributed by atoms with Gasteiger partial charge in [0.15, 0.2) is 11.6 Å². The van der Waals surface area contributed by atoms with E-state index in [4.69, 9.17) is 0 Å². The number of halogens is 4. The largest absolute Gasteiger partial charge is 0.417 e. The van der Waals surface area contributed by atoms with E-state index >= 15 is 0 Å². The lowest BCUT2D eigenvalue weighted by molar-refractivity contribution is -0.138. The van der Waals surface area contributed by atoms with Gasteiger partial charge in [0.1, 0.15) is 0 Å². The Morgan fingerprint density at radius 1 is 0.964 bits per heavy atom. The van der Waals surface area contributed by atoms with E-state index in [0.29, 0.717) is 38.4 Å². The highest BCUT2D eigenvalue weighted by molar-refractivity contribution is 5.78. The molecular formula is C20H18F4N4. The lowest BCUT2D eigenvalue weighted by Gasteiger charge is -2.35. The Balaban J connectivity index is 1.40. The summed E-state index contributed by atoms with van der Waals surface area (Å²) in [6.45, 7) is 3.11. The first-order valence-electron chi connectivity index (χ1n) is 8.94. The van der Waals surface area contributed by atoms with Crippen LogP contribution >= 0.6 is 0 Å². The van der Waals surface area contributed by atoms with Crippen molar-refractivity contribution < 1.29 is 17.6 Å². The number of anilines is 1. The lowest BCUT2D eigenvalue weighted by atomic mass is 10.1. The number of fused-ring (bicyclic) bond motifs is 1. The first-order chi connectivity index (χ1) is 13.4. The van der Waals surface area contributed by atoms with Gasteiger partial charge in [0, 0.05) is 50.5 Å². The summed E-state index contributed by atoms with van der Waals surface area (Å²) in [5, 5.41) is 1.08. The number of hydrogen-bond donors (Lipinski definition) is 0. The number of rotatable bonds is 3. The zero-order valence-electron chi connectivity index (χ0n) is 15.0. The van der Waals surface area contributed by atoms with Gasteiger partial charge in [0.25, 0.3) is 0 Å². The van der Waals surface area contributed by atoms with Gasteiger partial charge in [-0.05, 0) is 29.8 Å². The maximum atomic E-state index is 14.1. The summed E-state index contributed by atoms with van der Waals surface area (Å²) in [7, 11) is 0. The van der Waals surface area contributed by atoms with Crippen molar-refractivity contribution in [2.75, 3.05) is 31.1 Å². The van der Waals surface area contributed by atoms with Crippen LogP contribution in [0.2, 0.25) is 0 Å². The molecule has 0 N–H and O–H groups in total. The van der Waals surface area contributed by atoms with Gasteiger partial charge >= 0.3 is 6.18 Å². The average Bonchev–Trinajstić information content (AvgIpc) is 2.68. The molecule has 0 aliphatic carbocycles. The van der Waals surface area contributed by atoms with Crippen LogP contribution in [0.25, 0.3) is 10.9 Å². The number of hydrogen-bond acceptors (Lipinski definition) is 4. The molecule has 0 amide bonds. The molecule has 1 aliphatic rings. The van der Waals surface area contributed by atoms with Crippen LogP contribution in [0.1, 0.15) is 11.1 Å². The number of pyridine rings is 2. The molecule has 0 saturated carbocycles. The van der Waals surface area contributed by atoms with Crippen LogP contribution in [0.5, 0.6) is 0 Å². The molecule has 3 heterocycles. The molecule has 3 aromatic rings. The van der Waals surface area contributed by atoms with Gasteiger partial charge in [0.2, 0.25) is 0 Å². The van der Waals surface area contributed by atoms with Crippen molar-refractivity contribution in [3.63, 3.8) is 0 Å². The molecule has 1 aliphatic heterocycles. The van der Waals surface area contributed by atoms with Crippen LogP contribution in [-0.2, 0) is 12.7 Å². The van der Waals surface area contributed by atoms with Crippen molar-refractivity contribution in [2.45, 2.75) is 12.7 Å². The maximum Gasteiger partial charge on any atom is 0.417 e. The summed E-state index contributed by atoms with van der Waals surface area (Å²) in [6, 6.07) is 10.6. The quantitative estimate of drug-likeness (QED) is 0.630. The zero-order valence-corrected chi connectivity index (χ0v) is 15.0. The molecule has 0 unspecified atom stereocenters. The third-order valence-corrected chi connectivity index (χ3v) is 4.89. The summed E-state index contributed by atoms with van der Waals surface area (Å²) in [5.74, 6) is -0.963. The molecule has 28 heavy (non-hydrogen) atoms. The molecule has 0 radical (unpaired) electrons. The number of piperazine rings is 1. The van der Waals surface area contributed by atoms with E-state index in [1.54, 1.807) is 11.1 Å². The molecule has 0 atom stereocenters. The highest BCUT2D eigenvalue weighted by atomic mass is 19.4. The number of aromatic nitrogens is 2. The van der Waals surface area contributed by atoms with Crippen LogP contribution in [-0.4, -0.2) is 41.0 Å². The Hall–Kier alpha value is -2.74. The second-order valence-electron chi connectivity index (χ2n) is 6.82. The Labute approximate surface area is 159 Å². The highest BCUT2D eigenvalue weighted by Crippen LogP contribution is 2.31. The van der Waals surface area contributed by atoms with Crippen LogP contribution in [0.4, 0.5) is 23.4 Å². The molecule has 0 spiro atoms. The summed E-state index contributed by atoms with van der Waals surface area (Å²) >= 11 is 0. The fourth-order valence-corrected chi connectivity index (χ4v) is 3.42. The van der Waals surface area contributed by atoms with Gasteiger partial charge in [-0.25, -0.2) is 9.37 Å². The molecule has 1 aromatic carbocycles. The fourth-order valence-electron chi connectivity index (χ4n) is 3.42. The van der Waals surface area contributed by atoms with Gasteiger partial charge in [-0.3, -0.25) is 9.88 Å². The summed E-state index contributed by atoms with van der Waals surface area (Å²) < 4.78 is 52.1. The third kappa shape index (κ3) is 3.91. The SMILES string of the molecule is Fc1cc(C(F)(F)F)cnc1N1CCN(Cc2ccc3ncccc3c2)CC1. The number of benzene rings is 1. The van der Waals surface area contributed by atoms with Crippen molar-refractivity contribution in [1.82, 2.24) is 14.9 Å². The zero-order chi connectivity index (χ0) is 19.7. The molecule has 8 heteroatoms. The van der Waals surface area contributed by atoms with E-state index in [-0.39, 0.29) is 5.82 Å². The Kier molecular flexibility index (Phi) is 4.89. The predicted octanol–water partition coefficient (Wildman–Crippen LogP) is 4.11. The lowest BCUT2D eigenvalue weighted by Crippen LogP contribution is -2.46. The Morgan fingerprint density at radius 3 is 2.46 bits per heavy atom. The van der Waals surface area contributed by atoms with E-state index < -0.39 is 17.6 Å². The Bertz CT molecular complexity index is 981. The molecule has 4 nitrogen and oxygen atoms in total. The highest BCUT2D eigenvalue weighted by Gasteiger charge is 2.32. The van der Waals surface area contributed by atoms with Gasteiger partial charge < -0.3 is 4.90 Å². The monoisotopic (exact) mass is 390 g/mol. The summed E-state index contributed by atoms with van der Waals surface area (Å²) in [4.78, 5) is 11.9. The van der Waals surface area contributed by atoms with E-state index in [0.717, 1.165) is 23.0 Å². The molecule has 4 rings (SSSR count). The van der Waals surface area contributed by atoms with Crippen molar-refractivity contribution in [1.29, 1.82) is 0 Å². The normalized spacial score (nSPS) is 15.9. The molecular weight excluding hydrogens is 372 g/mol. The van der Waals surface area contributed by atoms with E-state index in [1.807, 2.05) is 24.3 Å². The smallest absolute Gasteiger partial charge is 0.352 e. The molecule has 0 bridgehead atoms. The minimum Gasteiger partial charge on any atom is -0.352 e. The number of nitrogens with zero attached hydrogens (tertiary/aromatic N) is 4. The fraction of sp³-hybridized carbons (Fsp3) is 0.300. The van der Waals surface area contributed by atoms with Crippen LogP contribution in [0, 0.1) is 5.82 Å². The molecule has 2 aromatic heterocycles. The van der Waals surface area contributed by atoms with Crippen molar-refractivity contribution >= 4 is 16.7 Å². The molecule has 1 fully saturated rings. The second-order valence-corrected chi connectivity index (χ2v) is 6.82. The topological polar surface area (TPSA) is 32.3 Å². The van der Waals surface area contributed by atoms with Gasteiger partial charge in [0.05, 0.1) is 11.1 Å². The first-order valence-corrected chi connectivity index (χ1v) is 8.94. The van der Waals surface area contributed by atoms with Crippen LogP contribution in [0.15, 0.2) is 48.8 Å². The van der Waals surface area contributed by atoms with Crippen LogP contribution in [0.3, 0.4) is 0 Å². The molecule has 146 valence electrons. The molecule has 1 saturated heterocycles. The van der Waals surface area contributed by atoms with Crippen molar-refractivity contribution in [3.8, 4) is 0 Å². The minimum absolute atomic E-state index is 0.0237. The maximum absolute atomic E-state index is 14.1. The van der Waals surface area contributed by atoms with Gasteiger partial charge in [-0.1, -0.05) is 12.1 Å². The second kappa shape index (κ2) is 7.35. The standard InChI is InChI=1S/C20H18F4N4/c21-17-11-16(20(22,23)24)12-26-19(17)28-8-6-27(7-9-28)13-14-3-4-18-15(10-14)2-1-5-25-18/h1-5,10-12H,6-9,13H2.